The van der Waals surface area contributed by atoms with Crippen molar-refractivity contribution in [1.29, 1.82) is 0 Å². The molecule has 2 amide bonds. The van der Waals surface area contributed by atoms with E-state index < -0.39 is 0 Å². The molecule has 1 aliphatic heterocycles. The Labute approximate surface area is 96.7 Å². The molecule has 3 rings (SSSR count). The van der Waals surface area contributed by atoms with Gasteiger partial charge in [0.2, 0.25) is 0 Å². The van der Waals surface area contributed by atoms with E-state index in [0.717, 1.165) is 4.90 Å². The lowest BCUT2D eigenvalue weighted by Crippen LogP contribution is -2.30. The molecule has 2 aromatic rings. The molecule has 0 aliphatic carbocycles. The minimum atomic E-state index is -0.378. The minimum absolute atomic E-state index is 0.322. The fourth-order valence-electron chi connectivity index (χ4n) is 1.78. The maximum atomic E-state index is 12.0. The van der Waals surface area contributed by atoms with Crippen LogP contribution in [0.15, 0.2) is 42.9 Å². The number of pyridine rings is 2. The first-order chi connectivity index (χ1) is 8.29. The van der Waals surface area contributed by atoms with Crippen LogP contribution in [0.5, 0.6) is 0 Å². The van der Waals surface area contributed by atoms with Crippen molar-refractivity contribution in [3.63, 3.8) is 0 Å². The van der Waals surface area contributed by atoms with Gasteiger partial charge in [0.15, 0.2) is 0 Å². The third-order valence-electron chi connectivity index (χ3n) is 2.57. The van der Waals surface area contributed by atoms with Crippen LogP contribution < -0.4 is 4.90 Å². The predicted molar refractivity (Wildman–Crippen MR) is 59.6 cm³/mol. The summed E-state index contributed by atoms with van der Waals surface area (Å²) in [5.41, 5.74) is 0.693. The van der Waals surface area contributed by atoms with E-state index in [-0.39, 0.29) is 11.8 Å². The van der Waals surface area contributed by atoms with Gasteiger partial charge in [-0.2, -0.15) is 0 Å². The molecular formula is C12H7N3O2. The van der Waals surface area contributed by atoms with Gasteiger partial charge in [0.05, 0.1) is 11.1 Å². The van der Waals surface area contributed by atoms with E-state index in [2.05, 4.69) is 9.97 Å². The summed E-state index contributed by atoms with van der Waals surface area (Å²) in [6.07, 6.45) is 4.43. The number of rotatable bonds is 1. The lowest BCUT2D eigenvalue weighted by Gasteiger charge is -2.11. The van der Waals surface area contributed by atoms with Gasteiger partial charge in [0.1, 0.15) is 5.82 Å². The van der Waals surface area contributed by atoms with Gasteiger partial charge >= 0.3 is 0 Å². The standard InChI is InChI=1S/C12H7N3O2/c16-11-8-4-6-13-7-9(8)12(17)15(11)10-3-1-2-5-14-10/h1-7H. The molecular weight excluding hydrogens is 218 g/mol. The normalized spacial score (nSPS) is 14.0. The van der Waals surface area contributed by atoms with Crippen molar-refractivity contribution >= 4 is 17.6 Å². The zero-order chi connectivity index (χ0) is 11.8. The van der Waals surface area contributed by atoms with E-state index in [1.807, 2.05) is 0 Å². The van der Waals surface area contributed by atoms with Crippen molar-refractivity contribution in [3.8, 4) is 0 Å². The Morgan fingerprint density at radius 3 is 2.47 bits per heavy atom. The van der Waals surface area contributed by atoms with Gasteiger partial charge in [-0.15, -0.1) is 0 Å². The molecule has 2 aromatic heterocycles. The Morgan fingerprint density at radius 2 is 1.76 bits per heavy atom. The maximum Gasteiger partial charge on any atom is 0.268 e. The smallest absolute Gasteiger partial charge is 0.268 e. The highest BCUT2D eigenvalue weighted by Gasteiger charge is 2.37. The molecule has 0 fully saturated rings. The molecule has 0 saturated heterocycles. The molecule has 0 bridgehead atoms. The molecule has 0 atom stereocenters. The van der Waals surface area contributed by atoms with Gasteiger partial charge in [-0.05, 0) is 18.2 Å². The zero-order valence-corrected chi connectivity index (χ0v) is 8.70. The van der Waals surface area contributed by atoms with Crippen LogP contribution in [-0.2, 0) is 0 Å². The second-order valence-electron chi connectivity index (χ2n) is 3.55. The van der Waals surface area contributed by atoms with E-state index in [4.69, 9.17) is 0 Å². The molecule has 0 N–H and O–H groups in total. The fraction of sp³-hybridized carbons (Fsp3) is 0. The van der Waals surface area contributed by atoms with Crippen molar-refractivity contribution in [3.05, 3.63) is 54.0 Å². The van der Waals surface area contributed by atoms with Crippen LogP contribution in [0, 0.1) is 0 Å². The molecule has 0 spiro atoms. The first-order valence-electron chi connectivity index (χ1n) is 5.03. The molecule has 5 nitrogen and oxygen atoms in total. The van der Waals surface area contributed by atoms with Crippen LogP contribution in [0.4, 0.5) is 5.82 Å². The van der Waals surface area contributed by atoms with E-state index in [1.54, 1.807) is 24.3 Å². The van der Waals surface area contributed by atoms with Crippen molar-refractivity contribution in [2.24, 2.45) is 0 Å². The molecule has 0 saturated carbocycles. The first-order valence-corrected chi connectivity index (χ1v) is 5.03. The summed E-state index contributed by atoms with van der Waals surface area (Å²) in [6, 6.07) is 6.61. The predicted octanol–water partition coefficient (Wildman–Crippen LogP) is 1.28. The van der Waals surface area contributed by atoms with Crippen LogP contribution in [0.2, 0.25) is 0 Å². The highest BCUT2D eigenvalue weighted by atomic mass is 16.2. The number of nitrogens with zero attached hydrogens (tertiary/aromatic N) is 3. The number of carbonyl (C=O) groups excluding carboxylic acids is 2. The van der Waals surface area contributed by atoms with Gasteiger partial charge in [0, 0.05) is 18.6 Å². The summed E-state index contributed by atoms with van der Waals surface area (Å²) < 4.78 is 0. The summed E-state index contributed by atoms with van der Waals surface area (Å²) >= 11 is 0. The minimum Gasteiger partial charge on any atom is -0.268 e. The van der Waals surface area contributed by atoms with Gasteiger partial charge in [-0.1, -0.05) is 6.07 Å². The summed E-state index contributed by atoms with van der Waals surface area (Å²) in [5, 5.41) is 0. The van der Waals surface area contributed by atoms with Crippen LogP contribution in [0.1, 0.15) is 20.7 Å². The van der Waals surface area contributed by atoms with Crippen LogP contribution in [0.25, 0.3) is 0 Å². The summed E-state index contributed by atoms with van der Waals surface area (Å²) in [4.78, 5) is 33.0. The summed E-state index contributed by atoms with van der Waals surface area (Å²) in [6.45, 7) is 0. The first kappa shape index (κ1) is 9.65. The lowest BCUT2D eigenvalue weighted by molar-refractivity contribution is 0.0925. The molecule has 5 heteroatoms. The Morgan fingerprint density at radius 1 is 0.941 bits per heavy atom. The van der Waals surface area contributed by atoms with Crippen LogP contribution >= 0.6 is 0 Å². The third kappa shape index (κ3) is 1.32. The Hall–Kier alpha value is -2.56. The number of aromatic nitrogens is 2. The quantitative estimate of drug-likeness (QED) is 0.686. The molecule has 3 heterocycles. The average Bonchev–Trinajstić information content (AvgIpc) is 2.64. The number of anilines is 1. The van der Waals surface area contributed by atoms with Crippen molar-refractivity contribution in [2.75, 3.05) is 4.90 Å². The molecule has 17 heavy (non-hydrogen) atoms. The van der Waals surface area contributed by atoms with Crippen LogP contribution in [0.3, 0.4) is 0 Å². The average molecular weight is 225 g/mol. The number of amides is 2. The summed E-state index contributed by atoms with van der Waals surface area (Å²) in [5.74, 6) is -0.401. The van der Waals surface area contributed by atoms with Crippen molar-refractivity contribution in [1.82, 2.24) is 9.97 Å². The van der Waals surface area contributed by atoms with E-state index in [9.17, 15) is 9.59 Å². The van der Waals surface area contributed by atoms with Gasteiger partial charge in [0.25, 0.3) is 11.8 Å². The second-order valence-corrected chi connectivity index (χ2v) is 3.55. The number of imide groups is 1. The fourth-order valence-corrected chi connectivity index (χ4v) is 1.78. The topological polar surface area (TPSA) is 63.2 Å². The van der Waals surface area contributed by atoms with Crippen molar-refractivity contribution in [2.45, 2.75) is 0 Å². The number of hydrogen-bond donors (Lipinski definition) is 0. The van der Waals surface area contributed by atoms with Gasteiger partial charge in [-0.25, -0.2) is 9.88 Å². The third-order valence-corrected chi connectivity index (χ3v) is 2.57. The number of fused-ring (bicyclic) bond motifs is 1. The largest absolute Gasteiger partial charge is 0.268 e. The molecule has 0 radical (unpaired) electrons. The van der Waals surface area contributed by atoms with Gasteiger partial charge in [-0.3, -0.25) is 14.6 Å². The Kier molecular flexibility index (Phi) is 1.98. The molecule has 0 aromatic carbocycles. The highest BCUT2D eigenvalue weighted by molar-refractivity contribution is 6.34. The Bertz CT molecular complexity index is 575. The number of hydrogen-bond acceptors (Lipinski definition) is 4. The van der Waals surface area contributed by atoms with Crippen LogP contribution in [-0.4, -0.2) is 21.8 Å². The highest BCUT2D eigenvalue weighted by Crippen LogP contribution is 2.25. The monoisotopic (exact) mass is 225 g/mol. The molecule has 82 valence electrons. The van der Waals surface area contributed by atoms with E-state index in [1.165, 1.54) is 18.6 Å². The molecule has 1 aliphatic rings. The number of carbonyl (C=O) groups is 2. The summed E-state index contributed by atoms with van der Waals surface area (Å²) in [7, 11) is 0. The van der Waals surface area contributed by atoms with Gasteiger partial charge < -0.3 is 0 Å². The molecule has 0 unspecified atom stereocenters. The van der Waals surface area contributed by atoms with E-state index in [0.29, 0.717) is 16.9 Å². The second kappa shape index (κ2) is 3.48. The van der Waals surface area contributed by atoms with Crippen molar-refractivity contribution < 1.29 is 9.59 Å². The van der Waals surface area contributed by atoms with E-state index >= 15 is 0 Å². The lowest BCUT2D eigenvalue weighted by atomic mass is 10.2. The maximum absolute atomic E-state index is 12.0. The SMILES string of the molecule is O=C1c2ccncc2C(=O)N1c1ccccn1. The zero-order valence-electron chi connectivity index (χ0n) is 8.70. The Balaban J connectivity index is 2.13.